The molecule has 1 aromatic rings. The molecule has 0 atom stereocenters. The molecule has 0 aromatic heterocycles. The molecule has 0 unspecified atom stereocenters. The number of allylic oxidation sites excluding steroid dienone is 1. The Morgan fingerprint density at radius 1 is 1.17 bits per heavy atom. The van der Waals surface area contributed by atoms with Crippen LogP contribution >= 0.6 is 12.6 Å². The second-order valence-electron chi connectivity index (χ2n) is 3.85. The van der Waals surface area contributed by atoms with Crippen molar-refractivity contribution in [1.29, 1.82) is 0 Å². The first kappa shape index (κ1) is 14.5. The molecule has 4 heteroatoms. The van der Waals surface area contributed by atoms with Gasteiger partial charge in [-0.2, -0.15) is 12.6 Å². The minimum Gasteiger partial charge on any atom is -0.481 e. The molecular weight excluding hydrogens is 248 g/mol. The minimum atomic E-state index is -0.949. The molecule has 0 saturated carbocycles. The lowest BCUT2D eigenvalue weighted by molar-refractivity contribution is -0.136. The quantitative estimate of drug-likeness (QED) is 0.588. The minimum absolute atomic E-state index is 0.0458. The fourth-order valence-corrected chi connectivity index (χ4v) is 1.59. The fraction of sp³-hybridized carbons (Fsp3) is 0.286. The SMILES string of the molecule is O=C(O)CCC(=O)c1ccc(C=CCCS)cc1. The van der Waals surface area contributed by atoms with Gasteiger partial charge >= 0.3 is 5.97 Å². The molecule has 0 aliphatic heterocycles. The van der Waals surface area contributed by atoms with Crippen molar-refractivity contribution in [3.63, 3.8) is 0 Å². The number of benzene rings is 1. The number of carboxylic acids is 1. The summed E-state index contributed by atoms with van der Waals surface area (Å²) in [4.78, 5) is 22.0. The van der Waals surface area contributed by atoms with Gasteiger partial charge in [-0.1, -0.05) is 36.4 Å². The number of rotatable bonds is 7. The van der Waals surface area contributed by atoms with Gasteiger partial charge in [0.1, 0.15) is 0 Å². The summed E-state index contributed by atoms with van der Waals surface area (Å²) in [6.45, 7) is 0. The van der Waals surface area contributed by atoms with E-state index in [0.717, 1.165) is 17.7 Å². The van der Waals surface area contributed by atoms with Gasteiger partial charge in [0.2, 0.25) is 0 Å². The van der Waals surface area contributed by atoms with Crippen molar-refractivity contribution in [1.82, 2.24) is 0 Å². The van der Waals surface area contributed by atoms with Gasteiger partial charge in [-0.15, -0.1) is 0 Å². The number of ketones is 1. The molecule has 0 aliphatic rings. The van der Waals surface area contributed by atoms with Crippen molar-refractivity contribution in [2.45, 2.75) is 19.3 Å². The van der Waals surface area contributed by atoms with Crippen molar-refractivity contribution in [3.8, 4) is 0 Å². The maximum Gasteiger partial charge on any atom is 0.303 e. The van der Waals surface area contributed by atoms with Gasteiger partial charge in [0.15, 0.2) is 5.78 Å². The number of aliphatic carboxylic acids is 1. The zero-order valence-corrected chi connectivity index (χ0v) is 10.9. The molecule has 1 rings (SSSR count). The maximum atomic E-state index is 11.6. The first-order valence-corrected chi connectivity index (χ1v) is 6.39. The zero-order chi connectivity index (χ0) is 13.4. The summed E-state index contributed by atoms with van der Waals surface area (Å²) in [5.74, 6) is -0.277. The number of carbonyl (C=O) groups excluding carboxylic acids is 1. The second-order valence-corrected chi connectivity index (χ2v) is 4.30. The Bertz CT molecular complexity index is 435. The van der Waals surface area contributed by atoms with E-state index in [9.17, 15) is 9.59 Å². The second kappa shape index (κ2) is 7.71. The Kier molecular flexibility index (Phi) is 6.22. The third-order valence-electron chi connectivity index (χ3n) is 2.40. The van der Waals surface area contributed by atoms with Gasteiger partial charge in [-0.25, -0.2) is 0 Å². The van der Waals surface area contributed by atoms with Crippen LogP contribution in [0.2, 0.25) is 0 Å². The van der Waals surface area contributed by atoms with Crippen LogP contribution in [0.5, 0.6) is 0 Å². The van der Waals surface area contributed by atoms with Crippen molar-refractivity contribution < 1.29 is 14.7 Å². The lowest BCUT2D eigenvalue weighted by Gasteiger charge is -2.00. The highest BCUT2D eigenvalue weighted by Crippen LogP contribution is 2.10. The molecule has 0 heterocycles. The molecule has 0 radical (unpaired) electrons. The van der Waals surface area contributed by atoms with Crippen LogP contribution in [0, 0.1) is 0 Å². The van der Waals surface area contributed by atoms with Crippen LogP contribution in [0.15, 0.2) is 30.3 Å². The molecule has 0 saturated heterocycles. The van der Waals surface area contributed by atoms with E-state index in [1.54, 1.807) is 12.1 Å². The van der Waals surface area contributed by atoms with E-state index in [0.29, 0.717) is 5.56 Å². The van der Waals surface area contributed by atoms with E-state index in [1.807, 2.05) is 24.3 Å². The highest BCUT2D eigenvalue weighted by molar-refractivity contribution is 7.80. The summed E-state index contributed by atoms with van der Waals surface area (Å²) in [6, 6.07) is 7.15. The number of carboxylic acid groups (broad SMARTS) is 1. The topological polar surface area (TPSA) is 54.4 Å². The van der Waals surface area contributed by atoms with Crippen LogP contribution in [-0.4, -0.2) is 22.6 Å². The molecule has 18 heavy (non-hydrogen) atoms. The Morgan fingerprint density at radius 2 is 1.83 bits per heavy atom. The van der Waals surface area contributed by atoms with E-state index in [-0.39, 0.29) is 18.6 Å². The van der Waals surface area contributed by atoms with Gasteiger partial charge in [0.25, 0.3) is 0 Å². The number of Topliss-reactive ketones (excluding diaryl/α,β-unsaturated/α-hetero) is 1. The van der Waals surface area contributed by atoms with Crippen LogP contribution in [0.25, 0.3) is 6.08 Å². The molecule has 0 bridgehead atoms. The molecular formula is C14H16O3S. The Morgan fingerprint density at radius 3 is 2.39 bits per heavy atom. The summed E-state index contributed by atoms with van der Waals surface area (Å²) in [7, 11) is 0. The predicted octanol–water partition coefficient (Wildman–Crippen LogP) is 3.07. The van der Waals surface area contributed by atoms with Gasteiger partial charge in [-0.05, 0) is 17.7 Å². The van der Waals surface area contributed by atoms with Crippen molar-refractivity contribution in [3.05, 3.63) is 41.5 Å². The maximum absolute atomic E-state index is 11.6. The largest absolute Gasteiger partial charge is 0.481 e. The van der Waals surface area contributed by atoms with Crippen LogP contribution < -0.4 is 0 Å². The fourth-order valence-electron chi connectivity index (χ4n) is 1.44. The Labute approximate surface area is 112 Å². The van der Waals surface area contributed by atoms with Crippen molar-refractivity contribution in [2.24, 2.45) is 0 Å². The molecule has 0 fully saturated rings. The van der Waals surface area contributed by atoms with E-state index in [2.05, 4.69) is 12.6 Å². The molecule has 0 amide bonds. The highest BCUT2D eigenvalue weighted by atomic mass is 32.1. The zero-order valence-electron chi connectivity index (χ0n) is 10.0. The molecule has 96 valence electrons. The highest BCUT2D eigenvalue weighted by Gasteiger charge is 2.07. The third-order valence-corrected chi connectivity index (χ3v) is 2.66. The third kappa shape index (κ3) is 5.19. The predicted molar refractivity (Wildman–Crippen MR) is 75.1 cm³/mol. The first-order valence-electron chi connectivity index (χ1n) is 5.76. The standard InChI is InChI=1S/C14H16O3S/c15-13(8-9-14(16)17)12-6-4-11(5-7-12)3-1-2-10-18/h1,3-7,18H,2,8-10H2,(H,16,17). The number of hydrogen-bond acceptors (Lipinski definition) is 3. The molecule has 1 aromatic carbocycles. The summed E-state index contributed by atoms with van der Waals surface area (Å²) in [5, 5.41) is 8.51. The lowest BCUT2D eigenvalue weighted by atomic mass is 10.0. The van der Waals surface area contributed by atoms with Gasteiger partial charge in [-0.3, -0.25) is 9.59 Å². The van der Waals surface area contributed by atoms with Crippen LogP contribution in [0.4, 0.5) is 0 Å². The summed E-state index contributed by atoms with van der Waals surface area (Å²) >= 11 is 4.11. The Balaban J connectivity index is 2.59. The lowest BCUT2D eigenvalue weighted by Crippen LogP contribution is -2.03. The average Bonchev–Trinajstić information content (AvgIpc) is 2.37. The smallest absolute Gasteiger partial charge is 0.303 e. The van der Waals surface area contributed by atoms with Crippen LogP contribution in [-0.2, 0) is 4.79 Å². The molecule has 0 spiro atoms. The number of hydrogen-bond donors (Lipinski definition) is 2. The van der Waals surface area contributed by atoms with Crippen LogP contribution in [0.3, 0.4) is 0 Å². The Hall–Kier alpha value is -1.55. The van der Waals surface area contributed by atoms with Gasteiger partial charge in [0, 0.05) is 12.0 Å². The van der Waals surface area contributed by atoms with E-state index in [1.165, 1.54) is 0 Å². The van der Waals surface area contributed by atoms with E-state index in [4.69, 9.17) is 5.11 Å². The van der Waals surface area contributed by atoms with Crippen molar-refractivity contribution in [2.75, 3.05) is 5.75 Å². The first-order chi connectivity index (χ1) is 8.63. The monoisotopic (exact) mass is 264 g/mol. The molecule has 1 N–H and O–H groups in total. The van der Waals surface area contributed by atoms with E-state index >= 15 is 0 Å². The van der Waals surface area contributed by atoms with Crippen molar-refractivity contribution >= 4 is 30.5 Å². The normalized spacial score (nSPS) is 10.7. The number of thiol groups is 1. The summed E-state index contributed by atoms with van der Waals surface area (Å²) in [5.41, 5.74) is 1.58. The van der Waals surface area contributed by atoms with Gasteiger partial charge in [0.05, 0.1) is 6.42 Å². The average molecular weight is 264 g/mol. The van der Waals surface area contributed by atoms with Crippen LogP contribution in [0.1, 0.15) is 35.2 Å². The molecule has 0 aliphatic carbocycles. The van der Waals surface area contributed by atoms with Gasteiger partial charge < -0.3 is 5.11 Å². The number of carbonyl (C=O) groups is 2. The molecule has 3 nitrogen and oxygen atoms in total. The summed E-state index contributed by atoms with van der Waals surface area (Å²) in [6.07, 6.45) is 4.82. The summed E-state index contributed by atoms with van der Waals surface area (Å²) < 4.78 is 0. The van der Waals surface area contributed by atoms with E-state index < -0.39 is 5.97 Å².